The maximum absolute atomic E-state index is 13.5. The molecule has 0 saturated heterocycles. The normalized spacial score (nSPS) is 11.1. The first-order valence-electron chi connectivity index (χ1n) is 11.1. The molecular weight excluding hydrogens is 464 g/mol. The number of aryl methyl sites for hydroxylation is 2. The van der Waals surface area contributed by atoms with Crippen LogP contribution in [0.25, 0.3) is 22.6 Å². The van der Waals surface area contributed by atoms with Crippen LogP contribution in [0.3, 0.4) is 0 Å². The Morgan fingerprint density at radius 2 is 1.77 bits per heavy atom. The van der Waals surface area contributed by atoms with Crippen molar-refractivity contribution < 1.29 is 9.47 Å². The molecule has 0 spiro atoms. The van der Waals surface area contributed by atoms with Crippen molar-refractivity contribution in [2.45, 2.75) is 20.5 Å². The van der Waals surface area contributed by atoms with Gasteiger partial charge in [0.2, 0.25) is 0 Å². The van der Waals surface area contributed by atoms with Gasteiger partial charge in [-0.15, -0.1) is 0 Å². The highest BCUT2D eigenvalue weighted by Crippen LogP contribution is 2.26. The molecule has 0 fully saturated rings. The second-order valence-electron chi connectivity index (χ2n) is 8.11. The first-order valence-corrected chi connectivity index (χ1v) is 11.4. The van der Waals surface area contributed by atoms with Crippen LogP contribution in [-0.2, 0) is 6.61 Å². The first kappa shape index (κ1) is 22.7. The molecule has 0 radical (unpaired) electrons. The number of hydrogen-bond acceptors (Lipinski definition) is 5. The standard InChI is InChI=1S/C27H23ClN4O3/c1-17-15-22(30-32(17)23-8-5-4-7-21(23)28)25-18(2)29-26-24(9-6-14-31(26)27(25)33)35-16-19-10-12-20(34-3)13-11-19/h4-15H,16H2,1-3H3. The summed E-state index contributed by atoms with van der Waals surface area (Å²) >= 11 is 6.37. The van der Waals surface area contributed by atoms with E-state index in [1.807, 2.05) is 61.5 Å². The van der Waals surface area contributed by atoms with Crippen molar-refractivity contribution in [3.63, 3.8) is 0 Å². The molecule has 0 atom stereocenters. The first-order chi connectivity index (χ1) is 17.0. The van der Waals surface area contributed by atoms with Crippen LogP contribution in [0.5, 0.6) is 11.5 Å². The van der Waals surface area contributed by atoms with Gasteiger partial charge in [0.1, 0.15) is 18.1 Å². The molecule has 0 aliphatic rings. The van der Waals surface area contributed by atoms with Crippen LogP contribution in [0.15, 0.2) is 77.7 Å². The van der Waals surface area contributed by atoms with Crippen LogP contribution in [-0.4, -0.2) is 26.3 Å². The number of pyridine rings is 1. The van der Waals surface area contributed by atoms with Gasteiger partial charge in [0.15, 0.2) is 11.4 Å². The minimum Gasteiger partial charge on any atom is -0.497 e. The Kier molecular flexibility index (Phi) is 6.01. The minimum atomic E-state index is -0.216. The monoisotopic (exact) mass is 486 g/mol. The molecular formula is C27H23ClN4O3. The predicted octanol–water partition coefficient (Wildman–Crippen LogP) is 5.41. The molecule has 176 valence electrons. The van der Waals surface area contributed by atoms with Gasteiger partial charge in [0, 0.05) is 11.9 Å². The molecule has 0 aliphatic carbocycles. The van der Waals surface area contributed by atoms with Crippen molar-refractivity contribution in [3.8, 4) is 28.4 Å². The molecule has 0 aliphatic heterocycles. The zero-order valence-corrected chi connectivity index (χ0v) is 20.3. The van der Waals surface area contributed by atoms with E-state index in [0.29, 0.717) is 40.0 Å². The Labute approximate surface area is 207 Å². The van der Waals surface area contributed by atoms with Crippen LogP contribution in [0.2, 0.25) is 5.02 Å². The molecule has 0 N–H and O–H groups in total. The summed E-state index contributed by atoms with van der Waals surface area (Å²) in [6.45, 7) is 4.06. The van der Waals surface area contributed by atoms with Gasteiger partial charge in [-0.25, -0.2) is 9.67 Å². The predicted molar refractivity (Wildman–Crippen MR) is 136 cm³/mol. The van der Waals surface area contributed by atoms with Crippen LogP contribution < -0.4 is 15.0 Å². The second-order valence-corrected chi connectivity index (χ2v) is 8.52. The number of rotatable bonds is 6. The molecule has 3 aromatic heterocycles. The fourth-order valence-electron chi connectivity index (χ4n) is 4.00. The van der Waals surface area contributed by atoms with Gasteiger partial charge in [-0.3, -0.25) is 9.20 Å². The lowest BCUT2D eigenvalue weighted by Gasteiger charge is -2.12. The average molecular weight is 487 g/mol. The van der Waals surface area contributed by atoms with E-state index in [0.717, 1.165) is 22.7 Å². The lowest BCUT2D eigenvalue weighted by molar-refractivity contribution is 0.307. The summed E-state index contributed by atoms with van der Waals surface area (Å²) in [6, 6.07) is 20.5. The van der Waals surface area contributed by atoms with E-state index in [2.05, 4.69) is 5.10 Å². The molecule has 5 rings (SSSR count). The lowest BCUT2D eigenvalue weighted by Crippen LogP contribution is -2.19. The summed E-state index contributed by atoms with van der Waals surface area (Å²) in [5.41, 5.74) is 4.36. The smallest absolute Gasteiger partial charge is 0.267 e. The van der Waals surface area contributed by atoms with Crippen molar-refractivity contribution >= 4 is 17.2 Å². The number of halogens is 1. The van der Waals surface area contributed by atoms with E-state index in [4.69, 9.17) is 26.1 Å². The maximum Gasteiger partial charge on any atom is 0.267 e. The van der Waals surface area contributed by atoms with Gasteiger partial charge >= 0.3 is 0 Å². The maximum atomic E-state index is 13.5. The van der Waals surface area contributed by atoms with Crippen LogP contribution in [0.4, 0.5) is 0 Å². The summed E-state index contributed by atoms with van der Waals surface area (Å²) in [7, 11) is 1.63. The number of benzene rings is 2. The zero-order chi connectivity index (χ0) is 24.5. The number of aromatic nitrogens is 4. The Hall–Kier alpha value is -4.10. The van der Waals surface area contributed by atoms with E-state index in [9.17, 15) is 4.79 Å². The second kappa shape index (κ2) is 9.27. The van der Waals surface area contributed by atoms with Crippen LogP contribution in [0, 0.1) is 13.8 Å². The molecule has 2 aromatic carbocycles. The van der Waals surface area contributed by atoms with Crippen LogP contribution >= 0.6 is 11.6 Å². The van der Waals surface area contributed by atoms with Gasteiger partial charge in [-0.2, -0.15) is 5.10 Å². The molecule has 5 aromatic rings. The summed E-state index contributed by atoms with van der Waals surface area (Å²) in [5.74, 6) is 1.30. The van der Waals surface area contributed by atoms with E-state index in [1.165, 1.54) is 4.40 Å². The molecule has 0 amide bonds. The minimum absolute atomic E-state index is 0.216. The van der Waals surface area contributed by atoms with Gasteiger partial charge < -0.3 is 9.47 Å². The summed E-state index contributed by atoms with van der Waals surface area (Å²) in [6.07, 6.45) is 1.69. The summed E-state index contributed by atoms with van der Waals surface area (Å²) in [4.78, 5) is 18.3. The van der Waals surface area contributed by atoms with Crippen molar-refractivity contribution in [2.75, 3.05) is 7.11 Å². The molecule has 35 heavy (non-hydrogen) atoms. The van der Waals surface area contributed by atoms with Gasteiger partial charge in [0.05, 0.1) is 29.1 Å². The zero-order valence-electron chi connectivity index (χ0n) is 19.5. The Morgan fingerprint density at radius 1 is 1.00 bits per heavy atom. The number of nitrogens with zero attached hydrogens (tertiary/aromatic N) is 4. The summed E-state index contributed by atoms with van der Waals surface area (Å²) in [5, 5.41) is 5.27. The lowest BCUT2D eigenvalue weighted by atomic mass is 10.1. The SMILES string of the molecule is COc1ccc(COc2cccn3c(=O)c(-c4cc(C)n(-c5ccccc5Cl)n4)c(C)nc23)cc1. The van der Waals surface area contributed by atoms with Gasteiger partial charge in [-0.05, 0) is 61.9 Å². The number of para-hydroxylation sites is 1. The van der Waals surface area contributed by atoms with Gasteiger partial charge in [-0.1, -0.05) is 35.9 Å². The highest BCUT2D eigenvalue weighted by atomic mass is 35.5. The summed E-state index contributed by atoms with van der Waals surface area (Å²) < 4.78 is 14.5. The molecule has 3 heterocycles. The number of ether oxygens (including phenoxy) is 2. The molecule has 7 nitrogen and oxygen atoms in total. The van der Waals surface area contributed by atoms with Crippen molar-refractivity contribution in [3.05, 3.63) is 105 Å². The molecule has 8 heteroatoms. The molecule has 0 saturated carbocycles. The van der Waals surface area contributed by atoms with E-state index in [1.54, 1.807) is 37.0 Å². The highest BCUT2D eigenvalue weighted by Gasteiger charge is 2.19. The van der Waals surface area contributed by atoms with Crippen LogP contribution in [0.1, 0.15) is 17.0 Å². The molecule has 0 bridgehead atoms. The van der Waals surface area contributed by atoms with E-state index < -0.39 is 0 Å². The Balaban J connectivity index is 1.53. The van der Waals surface area contributed by atoms with Gasteiger partial charge in [0.25, 0.3) is 5.56 Å². The molecule has 0 unspecified atom stereocenters. The van der Waals surface area contributed by atoms with Crippen molar-refractivity contribution in [1.82, 2.24) is 19.2 Å². The topological polar surface area (TPSA) is 70.7 Å². The Bertz CT molecular complexity index is 1590. The van der Waals surface area contributed by atoms with Crippen molar-refractivity contribution in [2.24, 2.45) is 0 Å². The van der Waals surface area contributed by atoms with E-state index in [-0.39, 0.29) is 5.56 Å². The largest absolute Gasteiger partial charge is 0.497 e. The third-order valence-corrected chi connectivity index (χ3v) is 6.10. The fraction of sp³-hybridized carbons (Fsp3) is 0.148. The number of methoxy groups -OCH3 is 1. The van der Waals surface area contributed by atoms with E-state index >= 15 is 0 Å². The average Bonchev–Trinajstić information content (AvgIpc) is 3.24. The number of fused-ring (bicyclic) bond motifs is 1. The third-order valence-electron chi connectivity index (χ3n) is 5.78. The fourth-order valence-corrected chi connectivity index (χ4v) is 4.21. The Morgan fingerprint density at radius 3 is 2.51 bits per heavy atom. The third kappa shape index (κ3) is 4.26. The highest BCUT2D eigenvalue weighted by molar-refractivity contribution is 6.32. The quantitative estimate of drug-likeness (QED) is 0.321. The number of hydrogen-bond donors (Lipinski definition) is 0. The van der Waals surface area contributed by atoms with Crippen molar-refractivity contribution in [1.29, 1.82) is 0 Å².